The van der Waals surface area contributed by atoms with Crippen LogP contribution < -0.4 is 4.74 Å². The quantitative estimate of drug-likeness (QED) is 0.522. The fourth-order valence-electron chi connectivity index (χ4n) is 3.59. The van der Waals surface area contributed by atoms with Crippen LogP contribution in [0.4, 0.5) is 0 Å². The van der Waals surface area contributed by atoms with Gasteiger partial charge >= 0.3 is 5.97 Å². The summed E-state index contributed by atoms with van der Waals surface area (Å²) in [6.07, 6.45) is -3.05. The first kappa shape index (κ1) is 22.5. The summed E-state index contributed by atoms with van der Waals surface area (Å²) in [4.78, 5) is 12.3. The molecule has 2 heterocycles. The monoisotopic (exact) mass is 439 g/mol. The van der Waals surface area contributed by atoms with Crippen molar-refractivity contribution in [3.8, 4) is 17.6 Å². The molecule has 0 saturated carbocycles. The number of fused-ring (bicyclic) bond motifs is 1. The van der Waals surface area contributed by atoms with Crippen LogP contribution in [-0.4, -0.2) is 74.2 Å². The molecule has 1 N–H and O–H groups in total. The molecule has 30 heavy (non-hydrogen) atoms. The summed E-state index contributed by atoms with van der Waals surface area (Å²) in [6, 6.07) is 4.27. The number of hydrogen-bond acceptors (Lipinski definition) is 8. The Hall–Kier alpha value is -2.16. The van der Waals surface area contributed by atoms with Crippen molar-refractivity contribution in [1.82, 2.24) is 4.31 Å². The summed E-state index contributed by atoms with van der Waals surface area (Å²) in [7, 11) is -3.03. The average Bonchev–Trinajstić information content (AvgIpc) is 3.02. The van der Waals surface area contributed by atoms with Crippen molar-refractivity contribution in [3.63, 3.8) is 0 Å². The van der Waals surface area contributed by atoms with Gasteiger partial charge in [0.25, 0.3) is 0 Å². The molecule has 0 bridgehead atoms. The highest BCUT2D eigenvalue weighted by molar-refractivity contribution is 7.89. The molecule has 0 aromatic heterocycles. The van der Waals surface area contributed by atoms with E-state index in [1.807, 2.05) is 0 Å². The maximum absolute atomic E-state index is 13.3. The largest absolute Gasteiger partial charge is 0.481 e. The smallest absolute Gasteiger partial charge is 0.326 e. The van der Waals surface area contributed by atoms with Gasteiger partial charge in [0.1, 0.15) is 30.7 Å². The number of rotatable bonds is 5. The molecule has 0 unspecified atom stereocenters. The normalized spacial score (nSPS) is 28.2. The van der Waals surface area contributed by atoms with Crippen LogP contribution in [0, 0.1) is 11.8 Å². The molecule has 2 saturated heterocycles. The molecule has 0 amide bonds. The standard InChI is InChI=1S/C20H25NO8S/c1-5-6-11-27-13-7-9-14(10-8-13)30(24,25)21-12-15-18(29-20(2,3)28-15)17(22)16(21)19(23)26-4/h7-10,15-18,22H,11-12H2,1-4H3/t15-,16+,17-,18-/m0/s1. The number of aliphatic hydroxyl groups is 1. The zero-order valence-corrected chi connectivity index (χ0v) is 18.0. The van der Waals surface area contributed by atoms with Gasteiger partial charge in [0.2, 0.25) is 10.0 Å². The summed E-state index contributed by atoms with van der Waals surface area (Å²) in [5, 5.41) is 10.8. The van der Waals surface area contributed by atoms with Crippen molar-refractivity contribution in [2.24, 2.45) is 0 Å². The Kier molecular flexibility index (Phi) is 6.40. The molecule has 1 aromatic rings. The number of carbonyl (C=O) groups is 1. The van der Waals surface area contributed by atoms with E-state index in [0.29, 0.717) is 5.75 Å². The maximum Gasteiger partial charge on any atom is 0.326 e. The molecule has 0 aliphatic carbocycles. The van der Waals surface area contributed by atoms with Gasteiger partial charge in [-0.1, -0.05) is 5.92 Å². The van der Waals surface area contributed by atoms with E-state index in [4.69, 9.17) is 18.9 Å². The van der Waals surface area contributed by atoms with Crippen LogP contribution in [0.2, 0.25) is 0 Å². The van der Waals surface area contributed by atoms with Crippen LogP contribution >= 0.6 is 0 Å². The molecule has 1 aromatic carbocycles. The molecule has 0 spiro atoms. The van der Waals surface area contributed by atoms with Gasteiger partial charge in [0.05, 0.1) is 12.0 Å². The van der Waals surface area contributed by atoms with E-state index in [2.05, 4.69) is 11.8 Å². The predicted molar refractivity (Wildman–Crippen MR) is 105 cm³/mol. The highest BCUT2D eigenvalue weighted by atomic mass is 32.2. The van der Waals surface area contributed by atoms with E-state index in [9.17, 15) is 18.3 Å². The van der Waals surface area contributed by atoms with Crippen molar-refractivity contribution in [2.75, 3.05) is 20.3 Å². The highest BCUT2D eigenvalue weighted by Crippen LogP contribution is 2.38. The van der Waals surface area contributed by atoms with Crippen molar-refractivity contribution in [2.45, 2.75) is 55.8 Å². The van der Waals surface area contributed by atoms with Crippen molar-refractivity contribution >= 4 is 16.0 Å². The molecule has 2 aliphatic heterocycles. The SMILES string of the molecule is CC#CCOc1ccc(S(=O)(=O)N2C[C@@H]3OC(C)(C)O[C@@H]3[C@@H](O)[C@@H]2C(=O)OC)cc1. The Labute approximate surface area is 175 Å². The Morgan fingerprint density at radius 2 is 1.97 bits per heavy atom. The molecule has 4 atom stereocenters. The van der Waals surface area contributed by atoms with E-state index in [1.54, 1.807) is 20.8 Å². The Morgan fingerprint density at radius 1 is 1.30 bits per heavy atom. The van der Waals surface area contributed by atoms with Gasteiger partial charge in [-0.15, -0.1) is 5.92 Å². The van der Waals surface area contributed by atoms with Crippen LogP contribution in [0.25, 0.3) is 0 Å². The van der Waals surface area contributed by atoms with Gasteiger partial charge in [-0.3, -0.25) is 4.79 Å². The molecule has 2 fully saturated rings. The van der Waals surface area contributed by atoms with E-state index in [-0.39, 0.29) is 18.0 Å². The topological polar surface area (TPSA) is 112 Å². The minimum absolute atomic E-state index is 0.0610. The number of sulfonamides is 1. The first-order valence-corrected chi connectivity index (χ1v) is 10.8. The van der Waals surface area contributed by atoms with E-state index >= 15 is 0 Å². The number of esters is 1. The first-order chi connectivity index (χ1) is 14.1. The van der Waals surface area contributed by atoms with Crippen molar-refractivity contribution in [3.05, 3.63) is 24.3 Å². The third kappa shape index (κ3) is 4.31. The molecule has 0 radical (unpaired) electrons. The summed E-state index contributed by atoms with van der Waals surface area (Å²) in [5.41, 5.74) is 0. The van der Waals surface area contributed by atoms with Crippen molar-refractivity contribution in [1.29, 1.82) is 0 Å². The molecule has 164 valence electrons. The summed E-state index contributed by atoms with van der Waals surface area (Å²) >= 11 is 0. The van der Waals surface area contributed by atoms with Crippen LogP contribution in [0.3, 0.4) is 0 Å². The number of benzene rings is 1. The lowest BCUT2D eigenvalue weighted by molar-refractivity contribution is -0.164. The van der Waals surface area contributed by atoms with Crippen LogP contribution in [-0.2, 0) is 29.0 Å². The first-order valence-electron chi connectivity index (χ1n) is 9.36. The zero-order valence-electron chi connectivity index (χ0n) is 17.2. The number of piperidine rings is 1. The lowest BCUT2D eigenvalue weighted by atomic mass is 9.96. The second-order valence-corrected chi connectivity index (χ2v) is 9.25. The minimum atomic E-state index is -4.16. The van der Waals surface area contributed by atoms with E-state index in [0.717, 1.165) is 11.4 Å². The average molecular weight is 439 g/mol. The molecular weight excluding hydrogens is 414 g/mol. The highest BCUT2D eigenvalue weighted by Gasteiger charge is 2.57. The number of nitrogens with zero attached hydrogens (tertiary/aromatic N) is 1. The zero-order chi connectivity index (χ0) is 22.1. The van der Waals surface area contributed by atoms with Gasteiger partial charge in [0.15, 0.2) is 11.8 Å². The molecule has 9 nitrogen and oxygen atoms in total. The minimum Gasteiger partial charge on any atom is -0.481 e. The number of ether oxygens (including phenoxy) is 4. The van der Waals surface area contributed by atoms with Gasteiger partial charge in [-0.25, -0.2) is 8.42 Å². The summed E-state index contributed by atoms with van der Waals surface area (Å²) in [5.74, 6) is 4.00. The number of carbonyl (C=O) groups excluding carboxylic acids is 1. The number of hydrogen-bond donors (Lipinski definition) is 1. The maximum atomic E-state index is 13.3. The molecule has 10 heteroatoms. The Bertz CT molecular complexity index is 947. The fourth-order valence-corrected chi connectivity index (χ4v) is 5.20. The lowest BCUT2D eigenvalue weighted by Gasteiger charge is -2.40. The second-order valence-electron chi connectivity index (χ2n) is 7.36. The third-order valence-electron chi connectivity index (χ3n) is 4.91. The van der Waals surface area contributed by atoms with Crippen LogP contribution in [0.1, 0.15) is 20.8 Å². The van der Waals surface area contributed by atoms with Crippen LogP contribution in [0.5, 0.6) is 5.75 Å². The second kappa shape index (κ2) is 8.53. The summed E-state index contributed by atoms with van der Waals surface area (Å²) in [6.45, 7) is 5.02. The predicted octanol–water partition coefficient (Wildman–Crippen LogP) is 0.516. The Morgan fingerprint density at radius 3 is 2.57 bits per heavy atom. The van der Waals surface area contributed by atoms with Crippen molar-refractivity contribution < 1.29 is 37.3 Å². The number of aliphatic hydroxyl groups excluding tert-OH is 1. The van der Waals surface area contributed by atoms with Gasteiger partial charge in [0, 0.05) is 6.54 Å². The van der Waals surface area contributed by atoms with Gasteiger partial charge in [-0.2, -0.15) is 4.31 Å². The third-order valence-corrected chi connectivity index (χ3v) is 6.77. The summed E-state index contributed by atoms with van der Waals surface area (Å²) < 4.78 is 49.2. The van der Waals surface area contributed by atoms with Gasteiger partial charge in [-0.05, 0) is 45.0 Å². The van der Waals surface area contributed by atoms with E-state index in [1.165, 1.54) is 24.3 Å². The lowest BCUT2D eigenvalue weighted by Crippen LogP contribution is -2.64. The van der Waals surface area contributed by atoms with Crippen LogP contribution in [0.15, 0.2) is 29.2 Å². The molecule has 2 aliphatic rings. The number of methoxy groups -OCH3 is 1. The molecular formula is C20H25NO8S. The fraction of sp³-hybridized carbons (Fsp3) is 0.550. The van der Waals surface area contributed by atoms with E-state index < -0.39 is 46.1 Å². The Balaban J connectivity index is 1.91. The van der Waals surface area contributed by atoms with Gasteiger partial charge < -0.3 is 24.1 Å². The molecule has 3 rings (SSSR count).